The van der Waals surface area contributed by atoms with E-state index in [0.29, 0.717) is 0 Å². The molecule has 0 spiro atoms. The van der Waals surface area contributed by atoms with Crippen molar-refractivity contribution in [3.05, 3.63) is 23.9 Å². The van der Waals surface area contributed by atoms with Crippen LogP contribution in [0.5, 0.6) is 0 Å². The van der Waals surface area contributed by atoms with E-state index in [0.717, 1.165) is 31.7 Å². The normalized spacial score (nSPS) is 22.4. The Morgan fingerprint density at radius 3 is 3.14 bits per heavy atom. The highest BCUT2D eigenvalue weighted by Gasteiger charge is 2.19. The molecule has 0 aliphatic carbocycles. The van der Waals surface area contributed by atoms with Crippen LogP contribution in [-0.4, -0.2) is 29.3 Å². The van der Waals surface area contributed by atoms with Gasteiger partial charge in [0.25, 0.3) is 0 Å². The molecule has 1 atom stereocenters. The molecular weight excluding hydrogens is 176 g/mol. The van der Waals surface area contributed by atoms with Crippen molar-refractivity contribution in [3.63, 3.8) is 0 Å². The van der Waals surface area contributed by atoms with Crippen LogP contribution in [0.3, 0.4) is 0 Å². The number of aliphatic hydroxyl groups excluding tert-OH is 1. The number of hydrogen-bond acceptors (Lipinski definition) is 3. The van der Waals surface area contributed by atoms with Crippen LogP contribution in [0.4, 0.5) is 5.82 Å². The van der Waals surface area contributed by atoms with Gasteiger partial charge in [0.2, 0.25) is 0 Å². The number of pyridine rings is 1. The third-order valence-electron chi connectivity index (χ3n) is 2.68. The predicted molar refractivity (Wildman–Crippen MR) is 56.4 cm³/mol. The highest BCUT2D eigenvalue weighted by Crippen LogP contribution is 2.20. The van der Waals surface area contributed by atoms with Gasteiger partial charge in [-0.05, 0) is 31.4 Å². The van der Waals surface area contributed by atoms with E-state index in [9.17, 15) is 5.11 Å². The lowest BCUT2D eigenvalue weighted by Gasteiger charge is -2.31. The van der Waals surface area contributed by atoms with Gasteiger partial charge in [-0.2, -0.15) is 0 Å². The molecule has 0 bridgehead atoms. The van der Waals surface area contributed by atoms with Gasteiger partial charge in [-0.25, -0.2) is 4.98 Å². The monoisotopic (exact) mass is 192 g/mol. The molecule has 2 heterocycles. The second-order valence-electron chi connectivity index (χ2n) is 3.89. The molecular formula is C11H16N2O. The molecule has 1 aromatic rings. The molecule has 3 heteroatoms. The Labute approximate surface area is 84.4 Å². The fourth-order valence-electron chi connectivity index (χ4n) is 1.96. The van der Waals surface area contributed by atoms with Crippen molar-refractivity contribution >= 4 is 5.82 Å². The van der Waals surface area contributed by atoms with Crippen LogP contribution in [0.15, 0.2) is 18.3 Å². The number of aliphatic hydroxyl groups is 1. The molecule has 1 aromatic heterocycles. The van der Waals surface area contributed by atoms with E-state index in [-0.39, 0.29) is 6.10 Å². The minimum atomic E-state index is -0.190. The SMILES string of the molecule is Cc1cccnc1N1CCC[C@H](O)C1. The zero-order valence-corrected chi connectivity index (χ0v) is 8.48. The van der Waals surface area contributed by atoms with Gasteiger partial charge in [-0.15, -0.1) is 0 Å². The molecule has 2 rings (SSSR count). The number of hydrogen-bond donors (Lipinski definition) is 1. The Kier molecular flexibility index (Phi) is 2.68. The van der Waals surface area contributed by atoms with Crippen molar-refractivity contribution in [2.24, 2.45) is 0 Å². The number of rotatable bonds is 1. The Bertz CT molecular complexity index is 314. The van der Waals surface area contributed by atoms with Crippen molar-refractivity contribution in [2.75, 3.05) is 18.0 Å². The van der Waals surface area contributed by atoms with Crippen LogP contribution in [0.1, 0.15) is 18.4 Å². The molecule has 0 amide bonds. The summed E-state index contributed by atoms with van der Waals surface area (Å²) in [6.45, 7) is 3.79. The third kappa shape index (κ3) is 1.87. The van der Waals surface area contributed by atoms with Gasteiger partial charge in [-0.1, -0.05) is 6.07 Å². The summed E-state index contributed by atoms with van der Waals surface area (Å²) < 4.78 is 0. The van der Waals surface area contributed by atoms with Crippen molar-refractivity contribution in [2.45, 2.75) is 25.9 Å². The van der Waals surface area contributed by atoms with Gasteiger partial charge in [-0.3, -0.25) is 0 Å². The van der Waals surface area contributed by atoms with Crippen LogP contribution in [0.25, 0.3) is 0 Å². The van der Waals surface area contributed by atoms with Gasteiger partial charge >= 0.3 is 0 Å². The quantitative estimate of drug-likeness (QED) is 0.729. The van der Waals surface area contributed by atoms with Crippen LogP contribution in [0, 0.1) is 6.92 Å². The second-order valence-corrected chi connectivity index (χ2v) is 3.89. The minimum absolute atomic E-state index is 0.190. The summed E-state index contributed by atoms with van der Waals surface area (Å²) in [5, 5.41) is 9.56. The molecule has 1 aliphatic rings. The van der Waals surface area contributed by atoms with Gasteiger partial charge in [0.1, 0.15) is 5.82 Å². The fraction of sp³-hybridized carbons (Fsp3) is 0.545. The zero-order chi connectivity index (χ0) is 9.97. The summed E-state index contributed by atoms with van der Waals surface area (Å²) in [7, 11) is 0. The van der Waals surface area contributed by atoms with Crippen molar-refractivity contribution in [1.29, 1.82) is 0 Å². The molecule has 1 aliphatic heterocycles. The summed E-state index contributed by atoms with van der Waals surface area (Å²) in [5.41, 5.74) is 1.18. The largest absolute Gasteiger partial charge is 0.391 e. The van der Waals surface area contributed by atoms with Crippen molar-refractivity contribution in [3.8, 4) is 0 Å². The van der Waals surface area contributed by atoms with E-state index in [1.54, 1.807) is 0 Å². The molecule has 1 N–H and O–H groups in total. The smallest absolute Gasteiger partial charge is 0.131 e. The third-order valence-corrected chi connectivity index (χ3v) is 2.68. The van der Waals surface area contributed by atoms with Gasteiger partial charge in [0.05, 0.1) is 6.10 Å². The van der Waals surface area contributed by atoms with E-state index < -0.39 is 0 Å². The Hall–Kier alpha value is -1.09. The molecule has 0 unspecified atom stereocenters. The average Bonchev–Trinajstić information content (AvgIpc) is 2.18. The van der Waals surface area contributed by atoms with Gasteiger partial charge < -0.3 is 10.0 Å². The number of aromatic nitrogens is 1. The lowest BCUT2D eigenvalue weighted by atomic mass is 10.1. The van der Waals surface area contributed by atoms with Crippen molar-refractivity contribution in [1.82, 2.24) is 4.98 Å². The number of nitrogens with zero attached hydrogens (tertiary/aromatic N) is 2. The first kappa shape index (κ1) is 9.46. The van der Waals surface area contributed by atoms with E-state index in [1.807, 2.05) is 12.3 Å². The van der Waals surface area contributed by atoms with Crippen LogP contribution in [0.2, 0.25) is 0 Å². The molecule has 1 fully saturated rings. The predicted octanol–water partition coefficient (Wildman–Crippen LogP) is 1.35. The summed E-state index contributed by atoms with van der Waals surface area (Å²) in [5.74, 6) is 1.02. The number of piperidine rings is 1. The highest BCUT2D eigenvalue weighted by atomic mass is 16.3. The van der Waals surface area contributed by atoms with Gasteiger partial charge in [0.15, 0.2) is 0 Å². The topological polar surface area (TPSA) is 36.4 Å². The second kappa shape index (κ2) is 3.96. The lowest BCUT2D eigenvalue weighted by molar-refractivity contribution is 0.154. The molecule has 14 heavy (non-hydrogen) atoms. The Balaban J connectivity index is 2.18. The zero-order valence-electron chi connectivity index (χ0n) is 8.48. The Morgan fingerprint density at radius 2 is 2.43 bits per heavy atom. The first-order valence-corrected chi connectivity index (χ1v) is 5.12. The summed E-state index contributed by atoms with van der Waals surface area (Å²) in [4.78, 5) is 6.52. The standard InChI is InChI=1S/C11H16N2O/c1-9-4-2-6-12-11(9)13-7-3-5-10(14)8-13/h2,4,6,10,14H,3,5,7-8H2,1H3/t10-/m0/s1. The first-order chi connectivity index (χ1) is 6.77. The maximum absolute atomic E-state index is 9.56. The minimum Gasteiger partial charge on any atom is -0.391 e. The summed E-state index contributed by atoms with van der Waals surface area (Å²) >= 11 is 0. The lowest BCUT2D eigenvalue weighted by Crippen LogP contribution is -2.39. The van der Waals surface area contributed by atoms with Crippen LogP contribution in [-0.2, 0) is 0 Å². The van der Waals surface area contributed by atoms with E-state index in [2.05, 4.69) is 22.9 Å². The first-order valence-electron chi connectivity index (χ1n) is 5.12. The van der Waals surface area contributed by atoms with Crippen LogP contribution < -0.4 is 4.90 Å². The number of aryl methyl sites for hydroxylation is 1. The van der Waals surface area contributed by atoms with E-state index in [4.69, 9.17) is 0 Å². The molecule has 0 saturated carbocycles. The average molecular weight is 192 g/mol. The van der Waals surface area contributed by atoms with Gasteiger partial charge in [0, 0.05) is 19.3 Å². The van der Waals surface area contributed by atoms with Crippen LogP contribution >= 0.6 is 0 Å². The summed E-state index contributed by atoms with van der Waals surface area (Å²) in [6, 6.07) is 4.00. The molecule has 1 saturated heterocycles. The molecule has 76 valence electrons. The number of anilines is 1. The maximum Gasteiger partial charge on any atom is 0.131 e. The maximum atomic E-state index is 9.56. The molecule has 0 radical (unpaired) electrons. The molecule has 3 nitrogen and oxygen atoms in total. The van der Waals surface area contributed by atoms with Crippen molar-refractivity contribution < 1.29 is 5.11 Å². The fourth-order valence-corrected chi connectivity index (χ4v) is 1.96. The Morgan fingerprint density at radius 1 is 1.57 bits per heavy atom. The molecule has 0 aromatic carbocycles. The summed E-state index contributed by atoms with van der Waals surface area (Å²) in [6.07, 6.45) is 3.59. The van der Waals surface area contributed by atoms with E-state index in [1.165, 1.54) is 5.56 Å². The van der Waals surface area contributed by atoms with E-state index >= 15 is 0 Å². The number of β-amino-alcohol motifs (C(OH)–C–C–N with tert-alkyl or cyclic N) is 1. The highest BCUT2D eigenvalue weighted by molar-refractivity contribution is 5.46.